The molecule has 2 aromatic heterocycles. The van der Waals surface area contributed by atoms with Crippen LogP contribution in [0, 0.1) is 5.92 Å². The van der Waals surface area contributed by atoms with Gasteiger partial charge in [0.15, 0.2) is 11.6 Å². The van der Waals surface area contributed by atoms with Crippen LogP contribution in [-0.4, -0.2) is 39.2 Å². The highest BCUT2D eigenvalue weighted by Gasteiger charge is 2.17. The molecule has 0 aliphatic heterocycles. The molecule has 2 rings (SSSR count). The van der Waals surface area contributed by atoms with E-state index < -0.39 is 5.97 Å². The van der Waals surface area contributed by atoms with Crippen molar-refractivity contribution in [2.24, 2.45) is 5.92 Å². The first-order valence-corrected chi connectivity index (χ1v) is 6.35. The van der Waals surface area contributed by atoms with E-state index in [9.17, 15) is 4.79 Å². The molecule has 0 aromatic carbocycles. The summed E-state index contributed by atoms with van der Waals surface area (Å²) in [5.41, 5.74) is 0. The van der Waals surface area contributed by atoms with Crippen molar-refractivity contribution in [1.82, 2.24) is 15.0 Å². The number of carbonyl (C=O) groups is 1. The van der Waals surface area contributed by atoms with Gasteiger partial charge in [0, 0.05) is 6.54 Å². The Labute approximate surface area is 116 Å². The van der Waals surface area contributed by atoms with Gasteiger partial charge in [-0.05, 0) is 18.1 Å². The normalized spacial score (nSPS) is 11.4. The van der Waals surface area contributed by atoms with Crippen molar-refractivity contribution in [3.05, 3.63) is 24.2 Å². The second-order valence-corrected chi connectivity index (χ2v) is 4.95. The van der Waals surface area contributed by atoms with Crippen molar-refractivity contribution in [3.63, 3.8) is 0 Å². The molecule has 0 saturated carbocycles. The van der Waals surface area contributed by atoms with Gasteiger partial charge in [-0.25, -0.2) is 0 Å². The molecule has 2 heterocycles. The van der Waals surface area contributed by atoms with Crippen LogP contribution in [0.5, 0.6) is 0 Å². The van der Waals surface area contributed by atoms with Crippen molar-refractivity contribution in [2.75, 3.05) is 13.1 Å². The smallest absolute Gasteiger partial charge is 0.317 e. The lowest BCUT2D eigenvalue weighted by Crippen LogP contribution is -2.32. The molecule has 0 bridgehead atoms. The van der Waals surface area contributed by atoms with Gasteiger partial charge in [-0.2, -0.15) is 4.98 Å². The summed E-state index contributed by atoms with van der Waals surface area (Å²) in [6.07, 6.45) is 1.52. The zero-order chi connectivity index (χ0) is 14.5. The number of nitrogens with zero attached hydrogens (tertiary/aromatic N) is 3. The molecule has 7 nitrogen and oxygen atoms in total. The Morgan fingerprint density at radius 1 is 1.50 bits per heavy atom. The maximum Gasteiger partial charge on any atom is 0.317 e. The highest BCUT2D eigenvalue weighted by molar-refractivity contribution is 5.69. The summed E-state index contributed by atoms with van der Waals surface area (Å²) in [4.78, 5) is 16.8. The molecule has 0 spiro atoms. The van der Waals surface area contributed by atoms with Crippen LogP contribution < -0.4 is 0 Å². The standard InChI is InChI=1S/C13H17N3O4/c1-9(2)6-16(8-12(17)18)7-11-14-13(20-15-11)10-4-3-5-19-10/h3-5,9H,6-8H2,1-2H3,(H,17,18). The molecule has 2 aromatic rings. The average molecular weight is 279 g/mol. The van der Waals surface area contributed by atoms with Crippen LogP contribution in [0.1, 0.15) is 19.7 Å². The monoisotopic (exact) mass is 279 g/mol. The topological polar surface area (TPSA) is 92.6 Å². The summed E-state index contributed by atoms with van der Waals surface area (Å²) in [6, 6.07) is 3.45. The Kier molecular flexibility index (Phi) is 4.52. The van der Waals surface area contributed by atoms with Gasteiger partial charge in [0.25, 0.3) is 5.89 Å². The van der Waals surface area contributed by atoms with E-state index in [1.54, 1.807) is 17.0 Å². The van der Waals surface area contributed by atoms with Gasteiger partial charge in [-0.3, -0.25) is 9.69 Å². The second-order valence-electron chi connectivity index (χ2n) is 4.95. The summed E-state index contributed by atoms with van der Waals surface area (Å²) in [6.45, 7) is 4.98. The van der Waals surface area contributed by atoms with Crippen LogP contribution in [0.25, 0.3) is 11.7 Å². The lowest BCUT2D eigenvalue weighted by atomic mass is 10.2. The Morgan fingerprint density at radius 2 is 2.30 bits per heavy atom. The number of carboxylic acids is 1. The quantitative estimate of drug-likeness (QED) is 0.826. The van der Waals surface area contributed by atoms with Crippen molar-refractivity contribution in [2.45, 2.75) is 20.4 Å². The first kappa shape index (κ1) is 14.3. The minimum absolute atomic E-state index is 0.0528. The largest absolute Gasteiger partial charge is 0.480 e. The average Bonchev–Trinajstić information content (AvgIpc) is 2.95. The van der Waals surface area contributed by atoms with E-state index in [-0.39, 0.29) is 6.54 Å². The molecule has 1 N–H and O–H groups in total. The molecule has 0 aliphatic rings. The van der Waals surface area contributed by atoms with E-state index in [0.29, 0.717) is 36.5 Å². The van der Waals surface area contributed by atoms with Crippen LogP contribution in [0.2, 0.25) is 0 Å². The predicted octanol–water partition coefficient (Wildman–Crippen LogP) is 1.87. The van der Waals surface area contributed by atoms with E-state index >= 15 is 0 Å². The zero-order valence-electron chi connectivity index (χ0n) is 11.4. The minimum atomic E-state index is -0.875. The van der Waals surface area contributed by atoms with E-state index in [1.165, 1.54) is 6.26 Å². The van der Waals surface area contributed by atoms with Gasteiger partial charge in [-0.15, -0.1) is 0 Å². The molecule has 0 atom stereocenters. The van der Waals surface area contributed by atoms with Crippen LogP contribution in [0.3, 0.4) is 0 Å². The van der Waals surface area contributed by atoms with Crippen molar-refractivity contribution >= 4 is 5.97 Å². The third-order valence-corrected chi connectivity index (χ3v) is 2.55. The molecule has 0 radical (unpaired) electrons. The van der Waals surface area contributed by atoms with Crippen LogP contribution >= 0.6 is 0 Å². The Balaban J connectivity index is 2.04. The summed E-state index contributed by atoms with van der Waals surface area (Å²) in [5, 5.41) is 12.8. The first-order valence-electron chi connectivity index (χ1n) is 6.35. The maximum absolute atomic E-state index is 10.9. The third-order valence-electron chi connectivity index (χ3n) is 2.55. The maximum atomic E-state index is 10.9. The lowest BCUT2D eigenvalue weighted by molar-refractivity contribution is -0.138. The molecule has 7 heteroatoms. The fourth-order valence-corrected chi connectivity index (χ4v) is 1.91. The van der Waals surface area contributed by atoms with E-state index in [4.69, 9.17) is 14.0 Å². The van der Waals surface area contributed by atoms with Gasteiger partial charge in [0.2, 0.25) is 0 Å². The van der Waals surface area contributed by atoms with E-state index in [1.807, 2.05) is 13.8 Å². The van der Waals surface area contributed by atoms with Crippen molar-refractivity contribution in [1.29, 1.82) is 0 Å². The Hall–Kier alpha value is -2.15. The number of hydrogen-bond acceptors (Lipinski definition) is 6. The number of aliphatic carboxylic acids is 1. The van der Waals surface area contributed by atoms with Crippen LogP contribution in [0.15, 0.2) is 27.3 Å². The molecule has 20 heavy (non-hydrogen) atoms. The molecule has 0 aliphatic carbocycles. The van der Waals surface area contributed by atoms with Gasteiger partial charge < -0.3 is 14.0 Å². The molecular weight excluding hydrogens is 262 g/mol. The third kappa shape index (κ3) is 3.92. The molecule has 0 saturated heterocycles. The zero-order valence-corrected chi connectivity index (χ0v) is 11.4. The summed E-state index contributed by atoms with van der Waals surface area (Å²) < 4.78 is 10.3. The molecule has 0 unspecified atom stereocenters. The molecular formula is C13H17N3O4. The number of hydrogen-bond donors (Lipinski definition) is 1. The molecule has 0 amide bonds. The highest BCUT2D eigenvalue weighted by atomic mass is 16.5. The van der Waals surface area contributed by atoms with Gasteiger partial charge in [0.05, 0.1) is 19.4 Å². The highest BCUT2D eigenvalue weighted by Crippen LogP contribution is 2.17. The van der Waals surface area contributed by atoms with E-state index in [2.05, 4.69) is 10.1 Å². The second kappa shape index (κ2) is 6.33. The van der Waals surface area contributed by atoms with E-state index in [0.717, 1.165) is 0 Å². The first-order chi connectivity index (χ1) is 9.54. The fraction of sp³-hybridized carbons (Fsp3) is 0.462. The Bertz CT molecular complexity index is 548. The summed E-state index contributed by atoms with van der Waals surface area (Å²) >= 11 is 0. The lowest BCUT2D eigenvalue weighted by Gasteiger charge is -2.20. The molecule has 0 fully saturated rings. The van der Waals surface area contributed by atoms with Gasteiger partial charge in [-0.1, -0.05) is 19.0 Å². The van der Waals surface area contributed by atoms with Gasteiger partial charge >= 0.3 is 5.97 Å². The van der Waals surface area contributed by atoms with Crippen molar-refractivity contribution < 1.29 is 18.8 Å². The SMILES string of the molecule is CC(C)CN(CC(=O)O)Cc1noc(-c2ccco2)n1. The molecule has 108 valence electrons. The van der Waals surface area contributed by atoms with Crippen molar-refractivity contribution in [3.8, 4) is 11.7 Å². The number of rotatable bonds is 7. The van der Waals surface area contributed by atoms with Gasteiger partial charge in [0.1, 0.15) is 0 Å². The number of aromatic nitrogens is 2. The number of carboxylic acid groups (broad SMARTS) is 1. The van der Waals surface area contributed by atoms with Crippen LogP contribution in [0.4, 0.5) is 0 Å². The summed E-state index contributed by atoms with van der Waals surface area (Å²) in [5.74, 6) is 0.715. The van der Waals surface area contributed by atoms with Crippen LogP contribution in [-0.2, 0) is 11.3 Å². The predicted molar refractivity (Wildman–Crippen MR) is 69.8 cm³/mol. The number of furan rings is 1. The minimum Gasteiger partial charge on any atom is -0.480 e. The Morgan fingerprint density at radius 3 is 2.90 bits per heavy atom. The summed E-state index contributed by atoms with van der Waals surface area (Å²) in [7, 11) is 0. The fourth-order valence-electron chi connectivity index (χ4n) is 1.91.